The minimum Gasteiger partial charge on any atom is -0.494 e. The number of likely N-dealkylation sites (N-methyl/N-ethyl adjacent to an activating group) is 1. The third kappa shape index (κ3) is 2.82. The number of rotatable bonds is 3. The van der Waals surface area contributed by atoms with Crippen molar-refractivity contribution in [2.75, 3.05) is 46.4 Å². The summed E-state index contributed by atoms with van der Waals surface area (Å²) in [6.45, 7) is 9.43. The Balaban J connectivity index is 1.82. The van der Waals surface area contributed by atoms with Crippen molar-refractivity contribution >= 4 is 0 Å². The van der Waals surface area contributed by atoms with E-state index in [2.05, 4.69) is 40.4 Å². The van der Waals surface area contributed by atoms with Crippen molar-refractivity contribution in [2.45, 2.75) is 19.5 Å². The van der Waals surface area contributed by atoms with Crippen molar-refractivity contribution in [3.8, 4) is 5.75 Å². The molecule has 1 N–H and O–H groups in total. The summed E-state index contributed by atoms with van der Waals surface area (Å²) in [5.41, 5.74) is 2.88. The average molecular weight is 275 g/mol. The van der Waals surface area contributed by atoms with E-state index in [9.17, 15) is 0 Å². The molecule has 2 aliphatic heterocycles. The fourth-order valence-electron chi connectivity index (χ4n) is 3.21. The van der Waals surface area contributed by atoms with Crippen molar-refractivity contribution in [3.63, 3.8) is 0 Å². The van der Waals surface area contributed by atoms with Gasteiger partial charge in [-0.2, -0.15) is 0 Å². The van der Waals surface area contributed by atoms with Gasteiger partial charge in [-0.05, 0) is 37.2 Å². The van der Waals surface area contributed by atoms with Gasteiger partial charge in [0.2, 0.25) is 0 Å². The van der Waals surface area contributed by atoms with Crippen LogP contribution in [0, 0.1) is 0 Å². The van der Waals surface area contributed by atoms with E-state index in [0.29, 0.717) is 6.04 Å². The summed E-state index contributed by atoms with van der Waals surface area (Å²) >= 11 is 0. The lowest BCUT2D eigenvalue weighted by atomic mass is 9.94. The summed E-state index contributed by atoms with van der Waals surface area (Å²) in [5, 5.41) is 3.55. The van der Waals surface area contributed by atoms with Crippen LogP contribution in [0.3, 0.4) is 0 Å². The molecule has 1 atom stereocenters. The predicted molar refractivity (Wildman–Crippen MR) is 81.1 cm³/mol. The molecule has 0 spiro atoms. The molecule has 0 aromatic heterocycles. The van der Waals surface area contributed by atoms with Gasteiger partial charge in [0.15, 0.2) is 0 Å². The van der Waals surface area contributed by atoms with Crippen LogP contribution >= 0.6 is 0 Å². The molecule has 4 nitrogen and oxygen atoms in total. The van der Waals surface area contributed by atoms with Gasteiger partial charge in [-0.1, -0.05) is 6.07 Å². The first-order valence-electron chi connectivity index (χ1n) is 7.67. The summed E-state index contributed by atoms with van der Waals surface area (Å²) < 4.78 is 5.68. The third-order valence-electron chi connectivity index (χ3n) is 4.42. The maximum absolute atomic E-state index is 5.68. The lowest BCUT2D eigenvalue weighted by molar-refractivity contribution is 0.106. The van der Waals surface area contributed by atoms with Gasteiger partial charge in [0.05, 0.1) is 6.61 Å². The highest BCUT2D eigenvalue weighted by Crippen LogP contribution is 2.31. The Morgan fingerprint density at radius 3 is 2.80 bits per heavy atom. The summed E-state index contributed by atoms with van der Waals surface area (Å²) in [6, 6.07) is 7.06. The minimum atomic E-state index is 0.493. The summed E-state index contributed by atoms with van der Waals surface area (Å²) in [6.07, 6.45) is 0. The molecule has 1 fully saturated rings. The number of piperazine rings is 1. The summed E-state index contributed by atoms with van der Waals surface area (Å²) in [5.74, 6) is 1.01. The number of nitrogens with one attached hydrogen (secondary N) is 1. The van der Waals surface area contributed by atoms with Gasteiger partial charge in [0.25, 0.3) is 0 Å². The number of nitrogens with zero attached hydrogens (tertiary/aromatic N) is 2. The van der Waals surface area contributed by atoms with Crippen LogP contribution in [0.25, 0.3) is 0 Å². The smallest absolute Gasteiger partial charge is 0.119 e. The van der Waals surface area contributed by atoms with Gasteiger partial charge in [-0.3, -0.25) is 4.90 Å². The highest BCUT2D eigenvalue weighted by molar-refractivity contribution is 5.39. The van der Waals surface area contributed by atoms with Crippen molar-refractivity contribution in [1.82, 2.24) is 15.1 Å². The second-order valence-electron chi connectivity index (χ2n) is 5.78. The van der Waals surface area contributed by atoms with Crippen LogP contribution in [0.1, 0.15) is 24.1 Å². The van der Waals surface area contributed by atoms with E-state index in [1.54, 1.807) is 0 Å². The number of fused-ring (bicyclic) bond motifs is 1. The van der Waals surface area contributed by atoms with Crippen LogP contribution < -0.4 is 10.1 Å². The molecular weight excluding hydrogens is 250 g/mol. The molecule has 3 rings (SSSR count). The van der Waals surface area contributed by atoms with Crippen LogP contribution in [0.5, 0.6) is 5.75 Å². The molecular formula is C16H25N3O. The zero-order valence-electron chi connectivity index (χ0n) is 12.6. The predicted octanol–water partition coefficient (Wildman–Crippen LogP) is 1.48. The van der Waals surface area contributed by atoms with E-state index in [1.165, 1.54) is 11.1 Å². The quantitative estimate of drug-likeness (QED) is 0.904. The maximum Gasteiger partial charge on any atom is 0.119 e. The minimum absolute atomic E-state index is 0.493. The Bertz CT molecular complexity index is 455. The van der Waals surface area contributed by atoms with Gasteiger partial charge in [0, 0.05) is 45.3 Å². The first-order chi connectivity index (χ1) is 9.78. The molecule has 0 aliphatic carbocycles. The molecule has 0 saturated carbocycles. The second kappa shape index (κ2) is 6.12. The Hall–Kier alpha value is -1.10. The van der Waals surface area contributed by atoms with Crippen molar-refractivity contribution in [3.05, 3.63) is 29.3 Å². The van der Waals surface area contributed by atoms with Crippen LogP contribution in [-0.2, 0) is 6.54 Å². The zero-order valence-corrected chi connectivity index (χ0v) is 12.6. The molecule has 0 bridgehead atoms. The lowest BCUT2D eigenvalue weighted by Crippen LogP contribution is -2.49. The second-order valence-corrected chi connectivity index (χ2v) is 5.78. The molecule has 20 heavy (non-hydrogen) atoms. The van der Waals surface area contributed by atoms with E-state index < -0.39 is 0 Å². The number of ether oxygens (including phenoxy) is 1. The van der Waals surface area contributed by atoms with Gasteiger partial charge in [-0.15, -0.1) is 0 Å². The summed E-state index contributed by atoms with van der Waals surface area (Å²) in [7, 11) is 2.21. The molecule has 0 amide bonds. The SMILES string of the molecule is CCOc1ccc2c(c1)[C@@H](N1CCN(C)CC1)CNC2. The normalized spacial score (nSPS) is 24.4. The number of hydrogen-bond acceptors (Lipinski definition) is 4. The van der Waals surface area contributed by atoms with Crippen LogP contribution in [0.2, 0.25) is 0 Å². The Morgan fingerprint density at radius 1 is 1.25 bits per heavy atom. The first-order valence-corrected chi connectivity index (χ1v) is 7.67. The van der Waals surface area contributed by atoms with E-state index >= 15 is 0 Å². The molecule has 0 radical (unpaired) electrons. The molecule has 110 valence electrons. The highest BCUT2D eigenvalue weighted by atomic mass is 16.5. The molecule has 1 aromatic carbocycles. The van der Waals surface area contributed by atoms with Crippen LogP contribution in [0.4, 0.5) is 0 Å². The van der Waals surface area contributed by atoms with Crippen molar-refractivity contribution in [1.29, 1.82) is 0 Å². The topological polar surface area (TPSA) is 27.7 Å². The zero-order chi connectivity index (χ0) is 13.9. The van der Waals surface area contributed by atoms with E-state index in [1.807, 2.05) is 6.92 Å². The highest BCUT2D eigenvalue weighted by Gasteiger charge is 2.28. The Labute approximate surface area is 121 Å². The van der Waals surface area contributed by atoms with Gasteiger partial charge in [-0.25, -0.2) is 0 Å². The number of benzene rings is 1. The first kappa shape index (κ1) is 13.9. The lowest BCUT2D eigenvalue weighted by Gasteiger charge is -2.40. The largest absolute Gasteiger partial charge is 0.494 e. The van der Waals surface area contributed by atoms with E-state index in [4.69, 9.17) is 4.74 Å². The molecule has 2 heterocycles. The van der Waals surface area contributed by atoms with Gasteiger partial charge >= 0.3 is 0 Å². The van der Waals surface area contributed by atoms with Gasteiger partial charge in [0.1, 0.15) is 5.75 Å². The van der Waals surface area contributed by atoms with E-state index in [0.717, 1.165) is 51.6 Å². The Morgan fingerprint density at radius 2 is 2.05 bits per heavy atom. The fourth-order valence-corrected chi connectivity index (χ4v) is 3.21. The van der Waals surface area contributed by atoms with Crippen LogP contribution in [-0.4, -0.2) is 56.2 Å². The summed E-state index contributed by atoms with van der Waals surface area (Å²) in [4.78, 5) is 5.02. The number of hydrogen-bond donors (Lipinski definition) is 1. The standard InChI is InChI=1S/C16H25N3O/c1-3-20-14-5-4-13-11-17-12-16(15(13)10-14)19-8-6-18(2)7-9-19/h4-5,10,16-17H,3,6-9,11-12H2,1-2H3/t16-/m0/s1. The maximum atomic E-state index is 5.68. The van der Waals surface area contributed by atoms with Gasteiger partial charge < -0.3 is 15.0 Å². The van der Waals surface area contributed by atoms with Crippen LogP contribution in [0.15, 0.2) is 18.2 Å². The third-order valence-corrected chi connectivity index (χ3v) is 4.42. The monoisotopic (exact) mass is 275 g/mol. The molecule has 4 heteroatoms. The molecule has 1 aromatic rings. The van der Waals surface area contributed by atoms with E-state index in [-0.39, 0.29) is 0 Å². The Kier molecular flexibility index (Phi) is 4.24. The average Bonchev–Trinajstić information content (AvgIpc) is 2.48. The molecule has 2 aliphatic rings. The van der Waals surface area contributed by atoms with Crippen molar-refractivity contribution in [2.24, 2.45) is 0 Å². The van der Waals surface area contributed by atoms with Crippen molar-refractivity contribution < 1.29 is 4.74 Å². The molecule has 0 unspecified atom stereocenters. The fraction of sp³-hybridized carbons (Fsp3) is 0.625. The molecule has 1 saturated heterocycles.